The second-order valence-corrected chi connectivity index (χ2v) is 2.15. The molecule has 0 spiro atoms. The van der Waals surface area contributed by atoms with Crippen molar-refractivity contribution in [3.63, 3.8) is 0 Å². The van der Waals surface area contributed by atoms with E-state index < -0.39 is 0 Å². The van der Waals surface area contributed by atoms with E-state index in [0.29, 0.717) is 6.54 Å². The normalized spacial score (nSPS) is 13.7. The van der Waals surface area contributed by atoms with E-state index >= 15 is 0 Å². The zero-order chi connectivity index (χ0) is 7.11. The van der Waals surface area contributed by atoms with E-state index in [1.165, 1.54) is 0 Å². The van der Waals surface area contributed by atoms with Crippen LogP contribution in [-0.2, 0) is 0 Å². The molecule has 56 valence electrons. The van der Waals surface area contributed by atoms with Gasteiger partial charge in [-0.1, -0.05) is 0 Å². The van der Waals surface area contributed by atoms with E-state index in [1.807, 2.05) is 0 Å². The molecule has 0 amide bonds. The molecule has 1 atom stereocenters. The zero-order valence-corrected chi connectivity index (χ0v) is 5.58. The predicted octanol–water partition coefficient (Wildman–Crippen LogP) is -0.674. The Hall–Kier alpha value is -0.120. The topological polar surface area (TPSA) is 66.5 Å². The van der Waals surface area contributed by atoms with Crippen LogP contribution in [0.15, 0.2) is 0 Å². The van der Waals surface area contributed by atoms with E-state index in [9.17, 15) is 0 Å². The van der Waals surface area contributed by atoms with E-state index in [-0.39, 0.29) is 19.1 Å². The molecular weight excluding hydrogens is 118 g/mol. The van der Waals surface area contributed by atoms with Gasteiger partial charge in [-0.25, -0.2) is 0 Å². The minimum atomic E-state index is 0.135. The van der Waals surface area contributed by atoms with Crippen LogP contribution in [0.1, 0.15) is 12.8 Å². The highest BCUT2D eigenvalue weighted by molar-refractivity contribution is 4.56. The Labute approximate surface area is 55.5 Å². The fourth-order valence-corrected chi connectivity index (χ4v) is 0.664. The van der Waals surface area contributed by atoms with E-state index in [0.717, 1.165) is 12.8 Å². The molecule has 0 aromatic heterocycles. The van der Waals surface area contributed by atoms with Gasteiger partial charge >= 0.3 is 0 Å². The van der Waals surface area contributed by atoms with Crippen LogP contribution in [0, 0.1) is 5.92 Å². The molecule has 3 heteroatoms. The Morgan fingerprint density at radius 3 is 2.33 bits per heavy atom. The van der Waals surface area contributed by atoms with Crippen LogP contribution in [0.3, 0.4) is 0 Å². The quantitative estimate of drug-likeness (QED) is 0.466. The van der Waals surface area contributed by atoms with E-state index in [2.05, 4.69) is 0 Å². The van der Waals surface area contributed by atoms with Gasteiger partial charge in [-0.05, 0) is 25.3 Å². The van der Waals surface area contributed by atoms with Gasteiger partial charge in [0.15, 0.2) is 0 Å². The number of hydrogen-bond donors (Lipinski definition) is 3. The summed E-state index contributed by atoms with van der Waals surface area (Å²) in [5, 5.41) is 17.0. The monoisotopic (exact) mass is 133 g/mol. The van der Waals surface area contributed by atoms with Crippen molar-refractivity contribution in [2.45, 2.75) is 12.8 Å². The summed E-state index contributed by atoms with van der Waals surface area (Å²) in [4.78, 5) is 0. The van der Waals surface area contributed by atoms with Crippen LogP contribution in [0.25, 0.3) is 0 Å². The van der Waals surface area contributed by atoms with Crippen molar-refractivity contribution in [1.82, 2.24) is 0 Å². The molecule has 0 saturated carbocycles. The van der Waals surface area contributed by atoms with Crippen LogP contribution in [-0.4, -0.2) is 30.0 Å². The first-order valence-corrected chi connectivity index (χ1v) is 3.27. The van der Waals surface area contributed by atoms with Gasteiger partial charge in [0.2, 0.25) is 0 Å². The summed E-state index contributed by atoms with van der Waals surface area (Å²) in [5.74, 6) is 0.178. The Balaban J connectivity index is 3.09. The smallest absolute Gasteiger partial charge is 0.0471 e. The van der Waals surface area contributed by atoms with Gasteiger partial charge in [0.25, 0.3) is 0 Å². The molecule has 0 saturated heterocycles. The summed E-state index contributed by atoms with van der Waals surface area (Å²) in [6.45, 7) is 0.837. The Morgan fingerprint density at radius 2 is 2.00 bits per heavy atom. The minimum absolute atomic E-state index is 0.135. The van der Waals surface area contributed by atoms with E-state index in [1.54, 1.807) is 0 Å². The van der Waals surface area contributed by atoms with E-state index in [4.69, 9.17) is 15.9 Å². The highest BCUT2D eigenvalue weighted by atomic mass is 16.3. The van der Waals surface area contributed by atoms with Gasteiger partial charge in [0.1, 0.15) is 0 Å². The second-order valence-electron chi connectivity index (χ2n) is 2.15. The lowest BCUT2D eigenvalue weighted by molar-refractivity contribution is 0.205. The van der Waals surface area contributed by atoms with Gasteiger partial charge in [-0.15, -0.1) is 0 Å². The van der Waals surface area contributed by atoms with Gasteiger partial charge in [0.05, 0.1) is 0 Å². The molecule has 0 fully saturated rings. The molecule has 4 N–H and O–H groups in total. The van der Waals surface area contributed by atoms with Crippen molar-refractivity contribution in [1.29, 1.82) is 0 Å². The maximum Gasteiger partial charge on any atom is 0.0471 e. The lowest BCUT2D eigenvalue weighted by atomic mass is 10.1. The fraction of sp³-hybridized carbons (Fsp3) is 1.00. The molecule has 9 heavy (non-hydrogen) atoms. The molecule has 0 radical (unpaired) electrons. The second kappa shape index (κ2) is 6.01. The number of aliphatic hydroxyl groups is 2. The molecule has 1 unspecified atom stereocenters. The van der Waals surface area contributed by atoms with Gasteiger partial charge in [-0.3, -0.25) is 0 Å². The van der Waals surface area contributed by atoms with Gasteiger partial charge < -0.3 is 15.9 Å². The Bertz CT molecular complexity index is 55.0. The Kier molecular flexibility index (Phi) is 5.93. The molecule has 0 bridgehead atoms. The number of rotatable bonds is 5. The lowest BCUT2D eigenvalue weighted by Gasteiger charge is -2.08. The average Bonchev–Trinajstić information content (AvgIpc) is 1.91. The van der Waals surface area contributed by atoms with Gasteiger partial charge in [0, 0.05) is 13.2 Å². The number of hydrogen-bond acceptors (Lipinski definition) is 3. The van der Waals surface area contributed by atoms with Crippen LogP contribution >= 0.6 is 0 Å². The maximum absolute atomic E-state index is 8.59. The fourth-order valence-electron chi connectivity index (χ4n) is 0.664. The highest BCUT2D eigenvalue weighted by Gasteiger charge is 2.02. The minimum Gasteiger partial charge on any atom is -0.396 e. The first kappa shape index (κ1) is 8.88. The molecule has 0 rings (SSSR count). The summed E-state index contributed by atoms with van der Waals surface area (Å²) in [7, 11) is 0. The third-order valence-electron chi connectivity index (χ3n) is 1.36. The van der Waals surface area contributed by atoms with Crippen molar-refractivity contribution in [3.05, 3.63) is 0 Å². The molecule has 0 aliphatic carbocycles. The van der Waals surface area contributed by atoms with Crippen molar-refractivity contribution in [2.24, 2.45) is 11.7 Å². The van der Waals surface area contributed by atoms with Crippen LogP contribution in [0.4, 0.5) is 0 Å². The predicted molar refractivity (Wildman–Crippen MR) is 35.9 cm³/mol. The summed E-state index contributed by atoms with van der Waals surface area (Å²) in [6.07, 6.45) is 1.56. The molecular formula is C6H15NO2. The first-order valence-electron chi connectivity index (χ1n) is 3.27. The molecule has 3 nitrogen and oxygen atoms in total. The lowest BCUT2D eigenvalue weighted by Crippen LogP contribution is -2.18. The summed E-state index contributed by atoms with van der Waals surface area (Å²) < 4.78 is 0. The third-order valence-corrected chi connectivity index (χ3v) is 1.36. The number of aliphatic hydroxyl groups excluding tert-OH is 2. The largest absolute Gasteiger partial charge is 0.396 e. The Morgan fingerprint density at radius 1 is 1.33 bits per heavy atom. The van der Waals surface area contributed by atoms with Crippen LogP contribution in [0.5, 0.6) is 0 Å². The first-order chi connectivity index (χ1) is 4.35. The summed E-state index contributed by atoms with van der Waals surface area (Å²) in [6, 6.07) is 0. The standard InChI is InChI=1S/C6H15NO2/c7-4-6(5-9)2-1-3-8/h6,8-9H,1-5,7H2. The molecule has 0 aliphatic heterocycles. The van der Waals surface area contributed by atoms with Crippen LogP contribution < -0.4 is 5.73 Å². The van der Waals surface area contributed by atoms with Crippen molar-refractivity contribution in [2.75, 3.05) is 19.8 Å². The van der Waals surface area contributed by atoms with Crippen molar-refractivity contribution >= 4 is 0 Å². The molecule has 0 heterocycles. The van der Waals surface area contributed by atoms with Crippen LogP contribution in [0.2, 0.25) is 0 Å². The highest BCUT2D eigenvalue weighted by Crippen LogP contribution is 2.01. The zero-order valence-electron chi connectivity index (χ0n) is 5.58. The molecule has 0 aromatic rings. The average molecular weight is 133 g/mol. The SMILES string of the molecule is NCC(CO)CCCO. The summed E-state index contributed by atoms with van der Waals surface area (Å²) in [5.41, 5.74) is 5.28. The number of nitrogens with two attached hydrogens (primary N) is 1. The van der Waals surface area contributed by atoms with Crippen molar-refractivity contribution < 1.29 is 10.2 Å². The van der Waals surface area contributed by atoms with Crippen molar-refractivity contribution in [3.8, 4) is 0 Å². The summed E-state index contributed by atoms with van der Waals surface area (Å²) >= 11 is 0. The van der Waals surface area contributed by atoms with Gasteiger partial charge in [-0.2, -0.15) is 0 Å². The molecule has 0 aromatic carbocycles. The molecule has 0 aliphatic rings. The third kappa shape index (κ3) is 4.39. The maximum atomic E-state index is 8.59.